The predicted molar refractivity (Wildman–Crippen MR) is 78.4 cm³/mol. The molecule has 19 heavy (non-hydrogen) atoms. The van der Waals surface area contributed by atoms with Crippen molar-refractivity contribution in [1.82, 2.24) is 15.0 Å². The van der Waals surface area contributed by atoms with Crippen LogP contribution in [0.15, 0.2) is 17.5 Å². The zero-order chi connectivity index (χ0) is 13.8. The fraction of sp³-hybridized carbons (Fsp3) is 0.364. The van der Waals surface area contributed by atoms with Crippen LogP contribution in [0, 0.1) is 0 Å². The highest BCUT2D eigenvalue weighted by atomic mass is 32.1. The van der Waals surface area contributed by atoms with Gasteiger partial charge in [-0.25, -0.2) is 5.84 Å². The van der Waals surface area contributed by atoms with Crippen LogP contribution in [0.2, 0.25) is 0 Å². The first-order valence-corrected chi connectivity index (χ1v) is 6.61. The molecule has 7 nitrogen and oxygen atoms in total. The Morgan fingerprint density at radius 3 is 2.53 bits per heavy atom. The largest absolute Gasteiger partial charge is 0.347 e. The third kappa shape index (κ3) is 3.30. The summed E-state index contributed by atoms with van der Waals surface area (Å²) >= 11 is 1.70. The molecular formula is C11H17N7S. The summed E-state index contributed by atoms with van der Waals surface area (Å²) in [4.78, 5) is 17.9. The zero-order valence-corrected chi connectivity index (χ0v) is 12.0. The smallest absolute Gasteiger partial charge is 0.243 e. The van der Waals surface area contributed by atoms with Crippen molar-refractivity contribution in [3.8, 4) is 0 Å². The second-order valence-corrected chi connectivity index (χ2v) is 5.27. The van der Waals surface area contributed by atoms with E-state index in [0.717, 1.165) is 6.54 Å². The number of rotatable bonds is 5. The van der Waals surface area contributed by atoms with Crippen molar-refractivity contribution in [3.05, 3.63) is 22.4 Å². The summed E-state index contributed by atoms with van der Waals surface area (Å²) in [6.45, 7) is 0.749. The lowest BCUT2D eigenvalue weighted by atomic mass is 10.4. The molecule has 2 aromatic heterocycles. The number of nitrogens with two attached hydrogens (primary N) is 1. The number of hydrogen-bond donors (Lipinski definition) is 2. The topological polar surface area (TPSA) is 83.2 Å². The maximum atomic E-state index is 5.39. The molecule has 2 aromatic rings. The standard InChI is InChI=1S/C11H17N7S/c1-17(2)10-13-9(16-12)14-11(15-10)18(3)7-8-5-4-6-19-8/h4-6H,7,12H2,1-3H3,(H,13,14,15,16). The molecule has 0 radical (unpaired) electrons. The third-order valence-electron chi connectivity index (χ3n) is 2.46. The maximum absolute atomic E-state index is 5.39. The lowest BCUT2D eigenvalue weighted by Crippen LogP contribution is -2.23. The van der Waals surface area contributed by atoms with Gasteiger partial charge in [0.25, 0.3) is 0 Å². The predicted octanol–water partition coefficient (Wildman–Crippen LogP) is 0.921. The average Bonchev–Trinajstić information content (AvgIpc) is 2.90. The van der Waals surface area contributed by atoms with E-state index < -0.39 is 0 Å². The zero-order valence-electron chi connectivity index (χ0n) is 11.2. The molecule has 0 bridgehead atoms. The van der Waals surface area contributed by atoms with E-state index >= 15 is 0 Å². The van der Waals surface area contributed by atoms with Gasteiger partial charge in [0.15, 0.2) is 0 Å². The molecule has 3 N–H and O–H groups in total. The maximum Gasteiger partial charge on any atom is 0.243 e. The van der Waals surface area contributed by atoms with Crippen LogP contribution in [0.3, 0.4) is 0 Å². The van der Waals surface area contributed by atoms with Crippen molar-refractivity contribution in [2.75, 3.05) is 36.4 Å². The molecule has 0 aliphatic rings. The van der Waals surface area contributed by atoms with E-state index in [1.54, 1.807) is 11.3 Å². The minimum atomic E-state index is 0.353. The molecule has 8 heteroatoms. The summed E-state index contributed by atoms with van der Waals surface area (Å²) in [5.74, 6) is 6.89. The Kier molecular flexibility index (Phi) is 4.13. The van der Waals surface area contributed by atoms with Crippen LogP contribution >= 0.6 is 11.3 Å². The van der Waals surface area contributed by atoms with Crippen molar-refractivity contribution >= 4 is 29.2 Å². The van der Waals surface area contributed by atoms with Crippen LogP contribution in [0.25, 0.3) is 0 Å². The van der Waals surface area contributed by atoms with Gasteiger partial charge in [0.1, 0.15) is 0 Å². The Bertz CT molecular complexity index is 526. The molecule has 0 spiro atoms. The first kappa shape index (κ1) is 13.5. The van der Waals surface area contributed by atoms with Crippen LogP contribution in [-0.4, -0.2) is 36.1 Å². The Hall–Kier alpha value is -1.93. The number of nitrogens with zero attached hydrogens (tertiary/aromatic N) is 5. The van der Waals surface area contributed by atoms with Crippen molar-refractivity contribution in [2.24, 2.45) is 5.84 Å². The molecule has 0 atom stereocenters. The molecule has 0 saturated heterocycles. The molecule has 0 unspecified atom stereocenters. The van der Waals surface area contributed by atoms with Crippen molar-refractivity contribution < 1.29 is 0 Å². The van der Waals surface area contributed by atoms with Crippen LogP contribution in [0.4, 0.5) is 17.8 Å². The van der Waals surface area contributed by atoms with E-state index in [-0.39, 0.29) is 0 Å². The van der Waals surface area contributed by atoms with E-state index in [2.05, 4.69) is 31.8 Å². The Morgan fingerprint density at radius 1 is 1.21 bits per heavy atom. The number of thiophene rings is 1. The van der Waals surface area contributed by atoms with Gasteiger partial charge in [-0.05, 0) is 11.4 Å². The molecule has 0 saturated carbocycles. The van der Waals surface area contributed by atoms with Crippen molar-refractivity contribution in [1.29, 1.82) is 0 Å². The highest BCUT2D eigenvalue weighted by Gasteiger charge is 2.11. The van der Waals surface area contributed by atoms with Crippen LogP contribution in [-0.2, 0) is 6.54 Å². The Labute approximate surface area is 116 Å². The van der Waals surface area contributed by atoms with E-state index in [1.807, 2.05) is 37.0 Å². The molecule has 2 heterocycles. The fourth-order valence-electron chi connectivity index (χ4n) is 1.50. The minimum absolute atomic E-state index is 0.353. The van der Waals surface area contributed by atoms with Gasteiger partial charge in [-0.3, -0.25) is 5.43 Å². The second kappa shape index (κ2) is 5.81. The van der Waals surface area contributed by atoms with Gasteiger partial charge in [-0.1, -0.05) is 6.07 Å². The first-order chi connectivity index (χ1) is 9.10. The molecule has 2 rings (SSSR count). The Balaban J connectivity index is 2.24. The van der Waals surface area contributed by atoms with E-state index in [0.29, 0.717) is 17.8 Å². The fourth-order valence-corrected chi connectivity index (χ4v) is 2.25. The van der Waals surface area contributed by atoms with Gasteiger partial charge in [-0.2, -0.15) is 15.0 Å². The highest BCUT2D eigenvalue weighted by molar-refractivity contribution is 7.09. The monoisotopic (exact) mass is 279 g/mol. The summed E-state index contributed by atoms with van der Waals surface area (Å²) in [6, 6.07) is 4.11. The summed E-state index contributed by atoms with van der Waals surface area (Å²) < 4.78 is 0. The SMILES string of the molecule is CN(C)c1nc(NN)nc(N(C)Cc2cccs2)n1. The van der Waals surface area contributed by atoms with Crippen molar-refractivity contribution in [3.63, 3.8) is 0 Å². The normalized spacial score (nSPS) is 10.3. The first-order valence-electron chi connectivity index (χ1n) is 5.73. The minimum Gasteiger partial charge on any atom is -0.347 e. The Morgan fingerprint density at radius 2 is 1.95 bits per heavy atom. The van der Waals surface area contributed by atoms with Crippen LogP contribution in [0.1, 0.15) is 4.88 Å². The molecule has 0 aliphatic carbocycles. The number of nitrogens with one attached hydrogen (secondary N) is 1. The van der Waals surface area contributed by atoms with Gasteiger partial charge < -0.3 is 9.80 Å². The number of aromatic nitrogens is 3. The number of nitrogen functional groups attached to an aromatic ring is 1. The number of hydrazine groups is 1. The van der Waals surface area contributed by atoms with E-state index in [4.69, 9.17) is 5.84 Å². The van der Waals surface area contributed by atoms with Gasteiger partial charge in [0.05, 0.1) is 6.54 Å². The van der Waals surface area contributed by atoms with Gasteiger partial charge in [0.2, 0.25) is 17.8 Å². The van der Waals surface area contributed by atoms with Crippen LogP contribution < -0.4 is 21.1 Å². The highest BCUT2D eigenvalue weighted by Crippen LogP contribution is 2.17. The van der Waals surface area contributed by atoms with Gasteiger partial charge in [-0.15, -0.1) is 11.3 Å². The molecule has 0 fully saturated rings. The molecule has 0 aliphatic heterocycles. The molecule has 0 aromatic carbocycles. The van der Waals surface area contributed by atoms with Crippen molar-refractivity contribution in [2.45, 2.75) is 6.54 Å². The van der Waals surface area contributed by atoms with Gasteiger partial charge >= 0.3 is 0 Å². The lowest BCUT2D eigenvalue weighted by molar-refractivity contribution is 0.850. The summed E-state index contributed by atoms with van der Waals surface area (Å²) in [5.41, 5.74) is 2.46. The van der Waals surface area contributed by atoms with E-state index in [1.165, 1.54) is 4.88 Å². The number of hydrogen-bond acceptors (Lipinski definition) is 8. The number of anilines is 3. The van der Waals surface area contributed by atoms with Crippen LogP contribution in [0.5, 0.6) is 0 Å². The molecular weight excluding hydrogens is 262 g/mol. The summed E-state index contributed by atoms with van der Waals surface area (Å²) in [6.07, 6.45) is 0. The average molecular weight is 279 g/mol. The molecule has 0 amide bonds. The molecule has 102 valence electrons. The van der Waals surface area contributed by atoms with E-state index in [9.17, 15) is 0 Å². The van der Waals surface area contributed by atoms with Gasteiger partial charge in [0, 0.05) is 26.0 Å². The second-order valence-electron chi connectivity index (χ2n) is 4.23. The summed E-state index contributed by atoms with van der Waals surface area (Å²) in [7, 11) is 5.69. The quantitative estimate of drug-likeness (QED) is 0.622. The summed E-state index contributed by atoms with van der Waals surface area (Å²) in [5, 5.41) is 2.05. The third-order valence-corrected chi connectivity index (χ3v) is 3.32. The lowest BCUT2D eigenvalue weighted by Gasteiger charge is -2.19.